The van der Waals surface area contributed by atoms with Crippen molar-refractivity contribution in [1.82, 2.24) is 4.72 Å². The van der Waals surface area contributed by atoms with Crippen molar-refractivity contribution in [2.45, 2.75) is 52.0 Å². The molecule has 0 saturated carbocycles. The maximum absolute atomic E-state index is 11.7. The van der Waals surface area contributed by atoms with Crippen LogP contribution in [0, 0.1) is 0 Å². The van der Waals surface area contributed by atoms with Crippen LogP contribution in [0.3, 0.4) is 0 Å². The second-order valence-corrected chi connectivity index (χ2v) is 6.30. The lowest BCUT2D eigenvalue weighted by molar-refractivity contribution is 0.388. The standard InChI is InChI=1S/C10H22ClNO2S/c1-4-10(3,5-2)12-15(13,14)9-7-6-8-11/h12H,4-9H2,1-3H3. The van der Waals surface area contributed by atoms with E-state index in [0.29, 0.717) is 12.3 Å². The molecular formula is C10H22ClNO2S. The zero-order valence-electron chi connectivity index (χ0n) is 9.85. The molecular weight excluding hydrogens is 234 g/mol. The van der Waals surface area contributed by atoms with E-state index in [1.54, 1.807) is 0 Å². The van der Waals surface area contributed by atoms with Crippen LogP contribution in [-0.4, -0.2) is 25.6 Å². The third kappa shape index (κ3) is 6.38. The van der Waals surface area contributed by atoms with Crippen LogP contribution in [0.5, 0.6) is 0 Å². The van der Waals surface area contributed by atoms with Crippen LogP contribution < -0.4 is 4.72 Å². The van der Waals surface area contributed by atoms with Gasteiger partial charge in [-0.15, -0.1) is 11.6 Å². The minimum absolute atomic E-state index is 0.176. The van der Waals surface area contributed by atoms with Crippen molar-refractivity contribution in [1.29, 1.82) is 0 Å². The normalized spacial score (nSPS) is 13.1. The van der Waals surface area contributed by atoms with Crippen molar-refractivity contribution in [3.63, 3.8) is 0 Å². The molecule has 92 valence electrons. The molecule has 0 aromatic carbocycles. The molecule has 0 aromatic heterocycles. The average Bonchev–Trinajstić information content (AvgIpc) is 2.17. The lowest BCUT2D eigenvalue weighted by Crippen LogP contribution is -2.45. The van der Waals surface area contributed by atoms with Gasteiger partial charge in [-0.1, -0.05) is 13.8 Å². The second-order valence-electron chi connectivity index (χ2n) is 4.08. The van der Waals surface area contributed by atoms with Crippen molar-refractivity contribution < 1.29 is 8.42 Å². The van der Waals surface area contributed by atoms with Gasteiger partial charge in [0.2, 0.25) is 10.0 Å². The van der Waals surface area contributed by atoms with Gasteiger partial charge in [-0.25, -0.2) is 13.1 Å². The number of nitrogens with one attached hydrogen (secondary N) is 1. The SMILES string of the molecule is CCC(C)(CC)NS(=O)(=O)CCCCCl. The smallest absolute Gasteiger partial charge is 0.212 e. The predicted molar refractivity (Wildman–Crippen MR) is 65.9 cm³/mol. The Morgan fingerprint density at radius 2 is 1.73 bits per heavy atom. The summed E-state index contributed by atoms with van der Waals surface area (Å²) in [4.78, 5) is 0. The Kier molecular flexibility index (Phi) is 6.80. The lowest BCUT2D eigenvalue weighted by Gasteiger charge is -2.27. The van der Waals surface area contributed by atoms with E-state index < -0.39 is 10.0 Å². The molecule has 0 rings (SSSR count). The van der Waals surface area contributed by atoms with Crippen molar-refractivity contribution in [2.75, 3.05) is 11.6 Å². The molecule has 15 heavy (non-hydrogen) atoms. The first-order valence-corrected chi connectivity index (χ1v) is 7.65. The molecule has 5 heteroatoms. The number of alkyl halides is 1. The van der Waals surface area contributed by atoms with Gasteiger partial charge in [-0.3, -0.25) is 0 Å². The van der Waals surface area contributed by atoms with Gasteiger partial charge < -0.3 is 0 Å². The molecule has 0 fully saturated rings. The zero-order valence-corrected chi connectivity index (χ0v) is 11.4. The fourth-order valence-corrected chi connectivity index (χ4v) is 3.12. The van der Waals surface area contributed by atoms with E-state index in [2.05, 4.69) is 4.72 Å². The number of unbranched alkanes of at least 4 members (excludes halogenated alkanes) is 1. The van der Waals surface area contributed by atoms with E-state index in [9.17, 15) is 8.42 Å². The van der Waals surface area contributed by atoms with Crippen molar-refractivity contribution in [3.8, 4) is 0 Å². The number of sulfonamides is 1. The Morgan fingerprint density at radius 1 is 1.20 bits per heavy atom. The summed E-state index contributed by atoms with van der Waals surface area (Å²) in [5, 5.41) is 0. The van der Waals surface area contributed by atoms with Gasteiger partial charge in [0.15, 0.2) is 0 Å². The highest BCUT2D eigenvalue weighted by Gasteiger charge is 2.25. The van der Waals surface area contributed by atoms with Crippen LogP contribution in [-0.2, 0) is 10.0 Å². The Morgan fingerprint density at radius 3 is 2.13 bits per heavy atom. The fourth-order valence-electron chi connectivity index (χ4n) is 1.21. The summed E-state index contributed by atoms with van der Waals surface area (Å²) in [6.45, 7) is 5.92. The average molecular weight is 256 g/mol. The van der Waals surface area contributed by atoms with Crippen molar-refractivity contribution in [2.24, 2.45) is 0 Å². The van der Waals surface area contributed by atoms with Gasteiger partial charge in [0.1, 0.15) is 0 Å². The largest absolute Gasteiger partial charge is 0.212 e. The van der Waals surface area contributed by atoms with E-state index in [-0.39, 0.29) is 11.3 Å². The summed E-state index contributed by atoms with van der Waals surface area (Å²) in [7, 11) is -3.14. The van der Waals surface area contributed by atoms with E-state index in [4.69, 9.17) is 11.6 Å². The van der Waals surface area contributed by atoms with Crippen LogP contribution in [0.4, 0.5) is 0 Å². The quantitative estimate of drug-likeness (QED) is 0.535. The van der Waals surface area contributed by atoms with E-state index >= 15 is 0 Å². The first-order chi connectivity index (χ1) is 6.89. The van der Waals surface area contributed by atoms with Crippen LogP contribution in [0.1, 0.15) is 46.5 Å². The van der Waals surface area contributed by atoms with Gasteiger partial charge in [0.25, 0.3) is 0 Å². The summed E-state index contributed by atoms with van der Waals surface area (Å²) >= 11 is 5.50. The molecule has 0 bridgehead atoms. The number of halogens is 1. The topological polar surface area (TPSA) is 46.2 Å². The van der Waals surface area contributed by atoms with Gasteiger partial charge in [0, 0.05) is 11.4 Å². The maximum Gasteiger partial charge on any atom is 0.212 e. The van der Waals surface area contributed by atoms with Gasteiger partial charge in [-0.05, 0) is 32.6 Å². The van der Waals surface area contributed by atoms with E-state index in [0.717, 1.165) is 19.3 Å². The zero-order chi connectivity index (χ0) is 11.9. The highest BCUT2D eigenvalue weighted by atomic mass is 35.5. The molecule has 0 aliphatic heterocycles. The Bertz CT molecular complexity index is 261. The van der Waals surface area contributed by atoms with Gasteiger partial charge in [-0.2, -0.15) is 0 Å². The fraction of sp³-hybridized carbons (Fsp3) is 1.00. The van der Waals surface area contributed by atoms with E-state index in [1.165, 1.54) is 0 Å². The lowest BCUT2D eigenvalue weighted by atomic mass is 9.98. The Hall–Kier alpha value is 0.200. The Labute approximate surface area is 98.6 Å². The third-order valence-corrected chi connectivity index (χ3v) is 4.66. The Balaban J connectivity index is 4.24. The molecule has 0 spiro atoms. The molecule has 0 atom stereocenters. The summed E-state index contributed by atoms with van der Waals surface area (Å²) in [5.74, 6) is 0.698. The first-order valence-electron chi connectivity index (χ1n) is 5.46. The van der Waals surface area contributed by atoms with Crippen LogP contribution in [0.15, 0.2) is 0 Å². The molecule has 0 heterocycles. The summed E-state index contributed by atoms with van der Waals surface area (Å²) in [6.07, 6.45) is 2.98. The highest BCUT2D eigenvalue weighted by molar-refractivity contribution is 7.89. The summed E-state index contributed by atoms with van der Waals surface area (Å²) < 4.78 is 26.1. The third-order valence-electron chi connectivity index (χ3n) is 2.76. The predicted octanol–water partition coefficient (Wildman–Crippen LogP) is 2.50. The van der Waals surface area contributed by atoms with E-state index in [1.807, 2.05) is 20.8 Å². The minimum atomic E-state index is -3.14. The van der Waals surface area contributed by atoms with Crippen LogP contribution in [0.2, 0.25) is 0 Å². The second kappa shape index (κ2) is 6.71. The van der Waals surface area contributed by atoms with Crippen LogP contribution >= 0.6 is 11.6 Å². The number of rotatable bonds is 8. The molecule has 0 amide bonds. The molecule has 1 N–H and O–H groups in total. The molecule has 0 aliphatic carbocycles. The van der Waals surface area contributed by atoms with Gasteiger partial charge >= 0.3 is 0 Å². The maximum atomic E-state index is 11.7. The number of hydrogen-bond donors (Lipinski definition) is 1. The summed E-state index contributed by atoms with van der Waals surface area (Å²) in [5.41, 5.74) is -0.306. The van der Waals surface area contributed by atoms with Gasteiger partial charge in [0.05, 0.1) is 5.75 Å². The highest BCUT2D eigenvalue weighted by Crippen LogP contribution is 2.15. The monoisotopic (exact) mass is 255 g/mol. The molecule has 0 radical (unpaired) electrons. The molecule has 0 aliphatic rings. The first kappa shape index (κ1) is 15.2. The molecule has 0 aromatic rings. The molecule has 3 nitrogen and oxygen atoms in total. The molecule has 0 unspecified atom stereocenters. The van der Waals surface area contributed by atoms with Crippen molar-refractivity contribution >= 4 is 21.6 Å². The number of hydrogen-bond acceptors (Lipinski definition) is 2. The van der Waals surface area contributed by atoms with Crippen LogP contribution in [0.25, 0.3) is 0 Å². The van der Waals surface area contributed by atoms with Crippen molar-refractivity contribution in [3.05, 3.63) is 0 Å². The summed E-state index contributed by atoms with van der Waals surface area (Å²) in [6, 6.07) is 0. The minimum Gasteiger partial charge on any atom is -0.212 e. The molecule has 0 saturated heterocycles.